The maximum absolute atomic E-state index is 10.7. The molecule has 0 fully saturated rings. The van der Waals surface area contributed by atoms with Crippen molar-refractivity contribution in [3.63, 3.8) is 0 Å². The second-order valence-corrected chi connectivity index (χ2v) is 6.04. The van der Waals surface area contributed by atoms with Crippen molar-refractivity contribution in [2.45, 2.75) is 6.41 Å². The normalized spacial score (nSPS) is 15.3. The second-order valence-electron chi connectivity index (χ2n) is 3.65. The van der Waals surface area contributed by atoms with Gasteiger partial charge in [-0.05, 0) is 0 Å². The zero-order valence-corrected chi connectivity index (χ0v) is 13.2. The monoisotopic (exact) mass is 350 g/mol. The minimum absolute atomic E-state index is 0.324. The largest absolute Gasteiger partial charge is 0.326 e. The van der Waals surface area contributed by atoms with Gasteiger partial charge < -0.3 is 15.1 Å². The number of nitrogens with zero attached hydrogens (tertiary/aromatic N) is 1. The van der Waals surface area contributed by atoms with Gasteiger partial charge in [0.15, 0.2) is 5.13 Å². The average molecular weight is 350 g/mol. The van der Waals surface area contributed by atoms with Crippen LogP contribution in [0.3, 0.4) is 0 Å². The van der Waals surface area contributed by atoms with Crippen LogP contribution in [0.15, 0.2) is 35.7 Å². The molecular weight excluding hydrogens is 338 g/mol. The zero-order chi connectivity index (χ0) is 15.2. The molecule has 2 unspecified atom stereocenters. The van der Waals surface area contributed by atoms with Crippen LogP contribution >= 0.6 is 27.8 Å². The van der Waals surface area contributed by atoms with Gasteiger partial charge in [0.2, 0.25) is 0 Å². The number of benzene rings is 1. The van der Waals surface area contributed by atoms with Crippen LogP contribution in [0.2, 0.25) is 0 Å². The van der Waals surface area contributed by atoms with Gasteiger partial charge in [-0.2, -0.15) is 0 Å². The SMILES string of the molecule is O=[PH](O)OC(Nc1nc(-c2ccccc2)cs1)O[PH](=O)O. The first-order valence-corrected chi connectivity index (χ1v) is 9.02. The number of anilines is 1. The van der Waals surface area contributed by atoms with Crippen molar-refractivity contribution < 1.29 is 28.0 Å². The van der Waals surface area contributed by atoms with Crippen LogP contribution in [0, 0.1) is 0 Å². The molecule has 21 heavy (non-hydrogen) atoms. The van der Waals surface area contributed by atoms with Crippen molar-refractivity contribution in [1.82, 2.24) is 4.98 Å². The van der Waals surface area contributed by atoms with Crippen molar-refractivity contribution in [2.24, 2.45) is 0 Å². The van der Waals surface area contributed by atoms with Crippen LogP contribution in [0.5, 0.6) is 0 Å². The first-order chi connectivity index (χ1) is 10.0. The summed E-state index contributed by atoms with van der Waals surface area (Å²) in [7, 11) is -6.67. The topological polar surface area (TPSA) is 118 Å². The summed E-state index contributed by atoms with van der Waals surface area (Å²) in [5, 5.41) is 4.61. The van der Waals surface area contributed by atoms with E-state index in [9.17, 15) is 9.13 Å². The summed E-state index contributed by atoms with van der Waals surface area (Å²) >= 11 is 1.20. The highest BCUT2D eigenvalue weighted by atomic mass is 32.1. The van der Waals surface area contributed by atoms with Crippen LogP contribution in [0.1, 0.15) is 0 Å². The molecule has 3 N–H and O–H groups in total. The third-order valence-electron chi connectivity index (χ3n) is 2.23. The molecule has 11 heteroatoms. The van der Waals surface area contributed by atoms with Crippen molar-refractivity contribution in [1.29, 1.82) is 0 Å². The average Bonchev–Trinajstić information content (AvgIpc) is 2.86. The Balaban J connectivity index is 2.09. The smallest absolute Gasteiger partial charge is 0.320 e. The van der Waals surface area contributed by atoms with Gasteiger partial charge in [0, 0.05) is 10.9 Å². The molecule has 2 aromatic rings. The molecule has 1 aromatic heterocycles. The molecule has 0 aliphatic heterocycles. The molecule has 0 saturated carbocycles. The Labute approximate surface area is 125 Å². The van der Waals surface area contributed by atoms with E-state index in [2.05, 4.69) is 19.3 Å². The summed E-state index contributed by atoms with van der Waals surface area (Å²) in [6.45, 7) is 0. The van der Waals surface area contributed by atoms with E-state index in [-0.39, 0.29) is 0 Å². The van der Waals surface area contributed by atoms with Gasteiger partial charge in [0.1, 0.15) is 0 Å². The van der Waals surface area contributed by atoms with Crippen LogP contribution in [0.25, 0.3) is 11.3 Å². The molecule has 1 aromatic carbocycles. The predicted molar refractivity (Wildman–Crippen MR) is 79.6 cm³/mol. The fraction of sp³-hybridized carbons (Fsp3) is 0.100. The van der Waals surface area contributed by atoms with E-state index in [4.69, 9.17) is 9.79 Å². The molecular formula is C10H12N2O6P2S. The minimum atomic E-state index is -3.34. The molecule has 0 spiro atoms. The van der Waals surface area contributed by atoms with E-state index < -0.39 is 22.9 Å². The molecule has 0 bridgehead atoms. The van der Waals surface area contributed by atoms with Gasteiger partial charge in [-0.25, -0.2) is 4.98 Å². The highest BCUT2D eigenvalue weighted by Crippen LogP contribution is 2.30. The predicted octanol–water partition coefficient (Wildman–Crippen LogP) is 2.30. The number of rotatable bonds is 7. The standard InChI is InChI=1S/C10H12N2O6P2S/c13-19(14)17-10(18-20(15)16)12-9-11-8(6-21-9)7-4-2-1-3-5-7/h1-6,10,19-20H,(H,11,12)(H,13,14)(H,15,16). The lowest BCUT2D eigenvalue weighted by atomic mass is 10.2. The van der Waals surface area contributed by atoms with E-state index in [1.54, 1.807) is 5.38 Å². The lowest BCUT2D eigenvalue weighted by molar-refractivity contribution is 0.0262. The molecule has 2 atom stereocenters. The van der Waals surface area contributed by atoms with Crippen LogP contribution in [-0.2, 0) is 18.2 Å². The summed E-state index contributed by atoms with van der Waals surface area (Å²) in [5.74, 6) is 0. The Morgan fingerprint density at radius 1 is 1.14 bits per heavy atom. The maximum atomic E-state index is 10.7. The van der Waals surface area contributed by atoms with Crippen LogP contribution in [-0.4, -0.2) is 21.2 Å². The van der Waals surface area contributed by atoms with Gasteiger partial charge in [0.25, 0.3) is 6.41 Å². The number of hydrogen-bond acceptors (Lipinski definition) is 7. The molecule has 0 aliphatic rings. The Morgan fingerprint density at radius 2 is 1.76 bits per heavy atom. The molecule has 0 saturated heterocycles. The Kier molecular flexibility index (Phi) is 6.08. The molecule has 0 radical (unpaired) electrons. The van der Waals surface area contributed by atoms with Gasteiger partial charge >= 0.3 is 16.5 Å². The van der Waals surface area contributed by atoms with Gasteiger partial charge in [-0.1, -0.05) is 30.3 Å². The summed E-state index contributed by atoms with van der Waals surface area (Å²) < 4.78 is 30.3. The maximum Gasteiger partial charge on any atom is 0.320 e. The van der Waals surface area contributed by atoms with E-state index >= 15 is 0 Å². The molecule has 2 rings (SSSR count). The van der Waals surface area contributed by atoms with Gasteiger partial charge in [0.05, 0.1) is 5.69 Å². The summed E-state index contributed by atoms with van der Waals surface area (Å²) in [6, 6.07) is 9.37. The fourth-order valence-electron chi connectivity index (χ4n) is 1.45. The zero-order valence-electron chi connectivity index (χ0n) is 10.4. The summed E-state index contributed by atoms with van der Waals surface area (Å²) in [5.41, 5.74) is 1.59. The molecule has 0 aliphatic carbocycles. The number of nitrogens with one attached hydrogen (secondary N) is 1. The Morgan fingerprint density at radius 3 is 2.33 bits per heavy atom. The molecule has 8 nitrogen and oxygen atoms in total. The fourth-order valence-corrected chi connectivity index (χ4v) is 2.85. The first-order valence-electron chi connectivity index (χ1n) is 5.61. The van der Waals surface area contributed by atoms with E-state index in [1.165, 1.54) is 11.3 Å². The van der Waals surface area contributed by atoms with Crippen LogP contribution < -0.4 is 5.32 Å². The quantitative estimate of drug-likeness (QED) is 0.514. The van der Waals surface area contributed by atoms with Gasteiger partial charge in [-0.15, -0.1) is 11.3 Å². The van der Waals surface area contributed by atoms with Crippen molar-refractivity contribution >= 4 is 33.0 Å². The number of hydrogen-bond donors (Lipinski definition) is 3. The van der Waals surface area contributed by atoms with Crippen molar-refractivity contribution in [3.8, 4) is 11.3 Å². The van der Waals surface area contributed by atoms with E-state index in [0.717, 1.165) is 5.56 Å². The van der Waals surface area contributed by atoms with E-state index in [1.807, 2.05) is 30.3 Å². The van der Waals surface area contributed by atoms with Crippen molar-refractivity contribution in [3.05, 3.63) is 35.7 Å². The Bertz CT molecular complexity index is 621. The number of aromatic nitrogens is 1. The third-order valence-corrected chi connectivity index (χ3v) is 3.84. The summed E-state index contributed by atoms with van der Waals surface area (Å²) in [6.07, 6.45) is -1.52. The molecule has 1 heterocycles. The summed E-state index contributed by atoms with van der Waals surface area (Å²) in [4.78, 5) is 21.7. The minimum Gasteiger partial charge on any atom is -0.326 e. The van der Waals surface area contributed by atoms with Crippen LogP contribution in [0.4, 0.5) is 5.13 Å². The molecule has 0 amide bonds. The second kappa shape index (κ2) is 7.82. The molecule has 114 valence electrons. The third kappa shape index (κ3) is 5.33. The number of thiazole rings is 1. The highest BCUT2D eigenvalue weighted by Gasteiger charge is 2.16. The lowest BCUT2D eigenvalue weighted by Gasteiger charge is -2.15. The van der Waals surface area contributed by atoms with E-state index in [0.29, 0.717) is 10.8 Å². The highest BCUT2D eigenvalue weighted by molar-refractivity contribution is 7.32. The lowest BCUT2D eigenvalue weighted by Crippen LogP contribution is -2.21. The van der Waals surface area contributed by atoms with Gasteiger partial charge in [-0.3, -0.25) is 18.2 Å². The Hall–Kier alpha value is -1.05. The first kappa shape index (κ1) is 16.3. The van der Waals surface area contributed by atoms with Crippen molar-refractivity contribution in [2.75, 3.05) is 5.32 Å².